The number of piperidine rings is 1. The molecule has 1 aliphatic rings. The standard InChI is InChI=1S/C12H17N3O3/c1-7-8(2)13-14-10(7)11(16)15-5-3-9(4-6-15)12(17)18/h9H,3-6H2,1-2H3,(H,13,14)(H,17,18). The van der Waals surface area contributed by atoms with Crippen molar-refractivity contribution in [3.05, 3.63) is 17.0 Å². The second-order valence-electron chi connectivity index (χ2n) is 4.73. The molecule has 0 aromatic carbocycles. The molecule has 1 aromatic rings. The van der Waals surface area contributed by atoms with Crippen LogP contribution < -0.4 is 0 Å². The Bertz CT molecular complexity index is 473. The van der Waals surface area contributed by atoms with Crippen molar-refractivity contribution in [1.82, 2.24) is 15.1 Å². The topological polar surface area (TPSA) is 86.3 Å². The lowest BCUT2D eigenvalue weighted by molar-refractivity contribution is -0.143. The first-order chi connectivity index (χ1) is 8.50. The molecular formula is C12H17N3O3. The highest BCUT2D eigenvalue weighted by Gasteiger charge is 2.29. The number of hydrogen-bond donors (Lipinski definition) is 2. The van der Waals surface area contributed by atoms with Gasteiger partial charge in [0, 0.05) is 24.3 Å². The number of aromatic nitrogens is 2. The summed E-state index contributed by atoms with van der Waals surface area (Å²) in [6.07, 6.45) is 1.03. The van der Waals surface area contributed by atoms with Crippen molar-refractivity contribution in [1.29, 1.82) is 0 Å². The molecule has 0 bridgehead atoms. The van der Waals surface area contributed by atoms with Crippen LogP contribution in [0.3, 0.4) is 0 Å². The Balaban J connectivity index is 2.04. The zero-order valence-electron chi connectivity index (χ0n) is 10.6. The molecule has 2 N–H and O–H groups in total. The van der Waals surface area contributed by atoms with Gasteiger partial charge in [-0.3, -0.25) is 14.7 Å². The number of carboxylic acids is 1. The summed E-state index contributed by atoms with van der Waals surface area (Å²) in [5.41, 5.74) is 2.19. The Morgan fingerprint density at radius 3 is 2.39 bits per heavy atom. The van der Waals surface area contributed by atoms with E-state index in [9.17, 15) is 9.59 Å². The summed E-state index contributed by atoms with van der Waals surface area (Å²) in [7, 11) is 0. The van der Waals surface area contributed by atoms with Crippen LogP contribution in [0.1, 0.15) is 34.6 Å². The normalized spacial score (nSPS) is 16.9. The molecule has 0 saturated carbocycles. The van der Waals surface area contributed by atoms with E-state index in [0.29, 0.717) is 31.6 Å². The molecule has 1 amide bonds. The van der Waals surface area contributed by atoms with Crippen LogP contribution in [0.25, 0.3) is 0 Å². The van der Waals surface area contributed by atoms with Gasteiger partial charge in [-0.15, -0.1) is 0 Å². The Morgan fingerprint density at radius 2 is 1.94 bits per heavy atom. The molecule has 1 fully saturated rings. The summed E-state index contributed by atoms with van der Waals surface area (Å²) < 4.78 is 0. The average Bonchev–Trinajstić information content (AvgIpc) is 2.69. The average molecular weight is 251 g/mol. The molecular weight excluding hydrogens is 234 g/mol. The third kappa shape index (κ3) is 2.23. The van der Waals surface area contributed by atoms with E-state index in [1.807, 2.05) is 13.8 Å². The van der Waals surface area contributed by atoms with Crippen LogP contribution >= 0.6 is 0 Å². The Labute approximate surface area is 105 Å². The molecule has 2 rings (SSSR count). The number of aryl methyl sites for hydroxylation is 1. The van der Waals surface area contributed by atoms with Crippen LogP contribution in [0, 0.1) is 19.8 Å². The summed E-state index contributed by atoms with van der Waals surface area (Å²) in [5, 5.41) is 15.7. The van der Waals surface area contributed by atoms with E-state index in [1.54, 1.807) is 4.90 Å². The molecule has 0 aliphatic carbocycles. The quantitative estimate of drug-likeness (QED) is 0.819. The van der Waals surface area contributed by atoms with E-state index in [-0.39, 0.29) is 11.8 Å². The van der Waals surface area contributed by atoms with Crippen LogP contribution in [0.5, 0.6) is 0 Å². The van der Waals surface area contributed by atoms with Crippen molar-refractivity contribution in [2.75, 3.05) is 13.1 Å². The fraction of sp³-hybridized carbons (Fsp3) is 0.583. The number of carbonyl (C=O) groups is 2. The van der Waals surface area contributed by atoms with Crippen LogP contribution in [0.15, 0.2) is 0 Å². The van der Waals surface area contributed by atoms with E-state index in [4.69, 9.17) is 5.11 Å². The third-order valence-electron chi connectivity index (χ3n) is 3.59. The van der Waals surface area contributed by atoms with E-state index >= 15 is 0 Å². The van der Waals surface area contributed by atoms with Crippen LogP contribution in [0.4, 0.5) is 0 Å². The molecule has 98 valence electrons. The largest absolute Gasteiger partial charge is 0.481 e. The van der Waals surface area contributed by atoms with Gasteiger partial charge >= 0.3 is 5.97 Å². The van der Waals surface area contributed by atoms with Gasteiger partial charge in [-0.05, 0) is 26.7 Å². The lowest BCUT2D eigenvalue weighted by Crippen LogP contribution is -2.40. The summed E-state index contributed by atoms with van der Waals surface area (Å²) in [4.78, 5) is 24.7. The number of H-pyrrole nitrogens is 1. The molecule has 6 heteroatoms. The van der Waals surface area contributed by atoms with Gasteiger partial charge in [-0.25, -0.2) is 0 Å². The number of carbonyl (C=O) groups excluding carboxylic acids is 1. The first kappa shape index (κ1) is 12.6. The van der Waals surface area contributed by atoms with Crippen LogP contribution in [-0.2, 0) is 4.79 Å². The fourth-order valence-corrected chi connectivity index (χ4v) is 2.17. The van der Waals surface area contributed by atoms with Gasteiger partial charge in [0.05, 0.1) is 5.92 Å². The maximum absolute atomic E-state index is 12.2. The van der Waals surface area contributed by atoms with Crippen LogP contribution in [0.2, 0.25) is 0 Å². The number of amides is 1. The molecule has 0 spiro atoms. The number of nitrogens with one attached hydrogen (secondary N) is 1. The predicted octanol–water partition coefficient (Wildman–Crippen LogP) is 0.963. The van der Waals surface area contributed by atoms with Gasteiger partial charge in [0.15, 0.2) is 5.69 Å². The van der Waals surface area contributed by atoms with Gasteiger partial charge in [0.1, 0.15) is 0 Å². The molecule has 1 saturated heterocycles. The molecule has 1 aromatic heterocycles. The summed E-state index contributed by atoms with van der Waals surface area (Å²) >= 11 is 0. The van der Waals surface area contributed by atoms with Crippen LogP contribution in [-0.4, -0.2) is 45.2 Å². The van der Waals surface area contributed by atoms with Gasteiger partial charge in [0.2, 0.25) is 0 Å². The molecule has 6 nitrogen and oxygen atoms in total. The fourth-order valence-electron chi connectivity index (χ4n) is 2.17. The second-order valence-corrected chi connectivity index (χ2v) is 4.73. The maximum atomic E-state index is 12.2. The van der Waals surface area contributed by atoms with Crippen molar-refractivity contribution in [2.45, 2.75) is 26.7 Å². The molecule has 1 aliphatic heterocycles. The highest BCUT2D eigenvalue weighted by Crippen LogP contribution is 2.20. The van der Waals surface area contributed by atoms with Gasteiger partial charge in [0.25, 0.3) is 5.91 Å². The summed E-state index contributed by atoms with van der Waals surface area (Å²) in [5.74, 6) is -1.20. The molecule has 0 unspecified atom stereocenters. The smallest absolute Gasteiger partial charge is 0.306 e. The summed E-state index contributed by atoms with van der Waals surface area (Å²) in [6, 6.07) is 0. The van der Waals surface area contributed by atoms with E-state index in [0.717, 1.165) is 11.3 Å². The number of carboxylic acid groups (broad SMARTS) is 1. The monoisotopic (exact) mass is 251 g/mol. The Morgan fingerprint density at radius 1 is 1.33 bits per heavy atom. The highest BCUT2D eigenvalue weighted by molar-refractivity contribution is 5.94. The van der Waals surface area contributed by atoms with Gasteiger partial charge in [-0.2, -0.15) is 5.10 Å². The molecule has 0 atom stereocenters. The molecule has 2 heterocycles. The zero-order chi connectivity index (χ0) is 13.3. The number of aromatic amines is 1. The third-order valence-corrected chi connectivity index (χ3v) is 3.59. The minimum absolute atomic E-state index is 0.110. The number of likely N-dealkylation sites (tertiary alicyclic amines) is 1. The summed E-state index contributed by atoms with van der Waals surface area (Å²) in [6.45, 7) is 4.70. The Kier molecular flexibility index (Phi) is 3.36. The predicted molar refractivity (Wildman–Crippen MR) is 64.3 cm³/mol. The molecule has 18 heavy (non-hydrogen) atoms. The van der Waals surface area contributed by atoms with Gasteiger partial charge in [-0.1, -0.05) is 0 Å². The number of hydrogen-bond acceptors (Lipinski definition) is 3. The van der Waals surface area contributed by atoms with Crippen molar-refractivity contribution in [3.63, 3.8) is 0 Å². The Hall–Kier alpha value is -1.85. The van der Waals surface area contributed by atoms with Crippen molar-refractivity contribution in [3.8, 4) is 0 Å². The lowest BCUT2D eigenvalue weighted by Gasteiger charge is -2.29. The number of rotatable bonds is 2. The van der Waals surface area contributed by atoms with E-state index in [2.05, 4.69) is 10.2 Å². The highest BCUT2D eigenvalue weighted by atomic mass is 16.4. The SMILES string of the molecule is Cc1[nH]nc(C(=O)N2CCC(C(=O)O)CC2)c1C. The first-order valence-corrected chi connectivity index (χ1v) is 6.04. The first-order valence-electron chi connectivity index (χ1n) is 6.04. The second kappa shape index (κ2) is 4.80. The van der Waals surface area contributed by atoms with E-state index < -0.39 is 5.97 Å². The maximum Gasteiger partial charge on any atom is 0.306 e. The van der Waals surface area contributed by atoms with Crippen molar-refractivity contribution >= 4 is 11.9 Å². The zero-order valence-corrected chi connectivity index (χ0v) is 10.6. The minimum Gasteiger partial charge on any atom is -0.481 e. The molecule has 0 radical (unpaired) electrons. The van der Waals surface area contributed by atoms with Crippen molar-refractivity contribution in [2.24, 2.45) is 5.92 Å². The number of nitrogens with zero attached hydrogens (tertiary/aromatic N) is 2. The number of aliphatic carboxylic acids is 1. The lowest BCUT2D eigenvalue weighted by atomic mass is 9.97. The van der Waals surface area contributed by atoms with Crippen molar-refractivity contribution < 1.29 is 14.7 Å². The van der Waals surface area contributed by atoms with Gasteiger partial charge < -0.3 is 10.0 Å². The minimum atomic E-state index is -0.770. The van der Waals surface area contributed by atoms with E-state index in [1.165, 1.54) is 0 Å².